The topological polar surface area (TPSA) is 246 Å². The van der Waals surface area contributed by atoms with E-state index in [9.17, 15) is 30.0 Å². The number of aliphatic imine (C=N–C) groups is 2. The SMILES string of the molecule is CC([O-])=NC(Cc1c[nH]c2ccccc12)C(=O)[O-].CC([O-])=NC(Cc1c[nH]c2ccccc12)C(=O)[O-].O.O.[Ti+4]. The molecule has 0 aliphatic rings. The van der Waals surface area contributed by atoms with Gasteiger partial charge in [-0.2, -0.15) is 0 Å². The van der Waals surface area contributed by atoms with Crippen molar-refractivity contribution >= 4 is 45.5 Å². The Morgan fingerprint density at radius 2 is 1.03 bits per heavy atom. The number of carboxylic acid groups (broad SMARTS) is 2. The first-order chi connectivity index (χ1) is 17.2. The largest absolute Gasteiger partial charge is 4.00 e. The molecule has 4 aromatic rings. The number of aromatic nitrogens is 2. The third kappa shape index (κ3) is 9.69. The van der Waals surface area contributed by atoms with Crippen LogP contribution in [0.2, 0.25) is 0 Å². The van der Waals surface area contributed by atoms with E-state index < -0.39 is 35.8 Å². The molecule has 2 aromatic carbocycles. The van der Waals surface area contributed by atoms with Gasteiger partial charge in [0.1, 0.15) is 0 Å². The number of nitrogens with zero attached hydrogens (tertiary/aromatic N) is 2. The minimum atomic E-state index is -1.34. The van der Waals surface area contributed by atoms with Crippen molar-refractivity contribution < 1.29 is 62.7 Å². The van der Waals surface area contributed by atoms with Crippen LogP contribution < -0.4 is 20.4 Å². The van der Waals surface area contributed by atoms with Gasteiger partial charge in [0, 0.05) is 47.0 Å². The number of aromatic amines is 2. The van der Waals surface area contributed by atoms with E-state index in [1.54, 1.807) is 12.4 Å². The van der Waals surface area contributed by atoms with Crippen molar-refractivity contribution in [2.24, 2.45) is 9.98 Å². The molecule has 4 rings (SSSR count). The van der Waals surface area contributed by atoms with E-state index in [0.29, 0.717) is 0 Å². The monoisotopic (exact) mass is 572 g/mol. The van der Waals surface area contributed by atoms with Crippen LogP contribution in [0.15, 0.2) is 70.9 Å². The van der Waals surface area contributed by atoms with Crippen LogP contribution in [0.4, 0.5) is 0 Å². The van der Waals surface area contributed by atoms with Crippen LogP contribution in [0.1, 0.15) is 25.0 Å². The summed E-state index contributed by atoms with van der Waals surface area (Å²) in [5.74, 6) is -3.70. The van der Waals surface area contributed by atoms with Crippen molar-refractivity contribution in [2.45, 2.75) is 38.8 Å². The fourth-order valence-corrected chi connectivity index (χ4v) is 3.82. The second-order valence-corrected chi connectivity index (χ2v) is 8.09. The first-order valence-corrected chi connectivity index (χ1v) is 11.1. The van der Waals surface area contributed by atoms with E-state index in [1.807, 2.05) is 48.5 Å². The predicted molar refractivity (Wildman–Crippen MR) is 135 cm³/mol. The zero-order chi connectivity index (χ0) is 26.2. The number of hydrogen-bond donors (Lipinski definition) is 2. The number of para-hydroxylation sites is 2. The van der Waals surface area contributed by atoms with Crippen molar-refractivity contribution in [1.82, 2.24) is 9.97 Å². The molecule has 12 nitrogen and oxygen atoms in total. The minimum absolute atomic E-state index is 0. The summed E-state index contributed by atoms with van der Waals surface area (Å²) in [5.41, 5.74) is 3.47. The van der Waals surface area contributed by atoms with Gasteiger partial charge in [0.2, 0.25) is 0 Å². The van der Waals surface area contributed by atoms with Crippen molar-refractivity contribution in [2.75, 3.05) is 0 Å². The van der Waals surface area contributed by atoms with Crippen LogP contribution in [0, 0.1) is 0 Å². The van der Waals surface area contributed by atoms with Crippen LogP contribution in [-0.4, -0.2) is 56.7 Å². The molecule has 0 radical (unpaired) electrons. The molecule has 0 bridgehead atoms. The molecule has 0 aliphatic heterocycles. The van der Waals surface area contributed by atoms with Gasteiger partial charge in [0.05, 0.1) is 24.0 Å². The molecular weight excluding hydrogens is 544 g/mol. The predicted octanol–water partition coefficient (Wildman–Crippen LogP) is -2.44. The molecule has 2 aromatic heterocycles. The number of H-pyrrole nitrogens is 2. The number of benzene rings is 2. The molecule has 0 amide bonds. The van der Waals surface area contributed by atoms with Crippen molar-refractivity contribution in [1.29, 1.82) is 0 Å². The number of hydrogen-bond acceptors (Lipinski definition) is 8. The number of nitrogens with one attached hydrogen (secondary N) is 2. The molecule has 13 heteroatoms. The average molecular weight is 572 g/mol. The molecule has 2 atom stereocenters. The number of aliphatic carboxylic acids is 2. The van der Waals surface area contributed by atoms with E-state index >= 15 is 0 Å². The quantitative estimate of drug-likeness (QED) is 0.132. The van der Waals surface area contributed by atoms with Gasteiger partial charge in [-0.1, -0.05) is 36.4 Å². The number of carbonyl (C=O) groups excluding carboxylic acids is 2. The molecule has 0 aliphatic carbocycles. The molecule has 6 N–H and O–H groups in total. The van der Waals surface area contributed by atoms with Gasteiger partial charge in [0.15, 0.2) is 0 Å². The van der Waals surface area contributed by atoms with Crippen molar-refractivity contribution in [3.8, 4) is 0 Å². The summed E-state index contributed by atoms with van der Waals surface area (Å²) >= 11 is 0. The Morgan fingerprint density at radius 3 is 1.33 bits per heavy atom. The standard InChI is InChI=1S/2C13H14N2O3.2H2O.Ti/c2*1-8(16)15-12(13(17)18)6-9-7-14-11-5-3-2-4-10(9)11;;;/h2*2-5,7,12,14H,6H2,1H3,(H,15,16)(H,17,18);2*1H2;/q;;;;+4/p-4. The van der Waals surface area contributed by atoms with E-state index in [4.69, 9.17) is 0 Å². The number of rotatable bonds is 8. The Bertz CT molecular complexity index is 1310. The van der Waals surface area contributed by atoms with Gasteiger partial charge >= 0.3 is 21.7 Å². The molecule has 0 fully saturated rings. The Labute approximate surface area is 238 Å². The zero-order valence-electron chi connectivity index (χ0n) is 21.2. The average Bonchev–Trinajstić information content (AvgIpc) is 3.42. The van der Waals surface area contributed by atoms with Crippen molar-refractivity contribution in [3.63, 3.8) is 0 Å². The zero-order valence-corrected chi connectivity index (χ0v) is 22.7. The Morgan fingerprint density at radius 1 is 0.692 bits per heavy atom. The van der Waals surface area contributed by atoms with E-state index in [1.165, 1.54) is 13.8 Å². The molecular formula is C26H28N4O8Ti. The molecule has 0 spiro atoms. The summed E-state index contributed by atoms with van der Waals surface area (Å²) in [6.07, 6.45) is 3.75. The summed E-state index contributed by atoms with van der Waals surface area (Å²) in [5, 5.41) is 45.5. The summed E-state index contributed by atoms with van der Waals surface area (Å²) in [6.45, 7) is 2.45. The third-order valence-corrected chi connectivity index (χ3v) is 5.40. The van der Waals surface area contributed by atoms with E-state index in [2.05, 4.69) is 20.0 Å². The van der Waals surface area contributed by atoms with Gasteiger partial charge in [0.25, 0.3) is 0 Å². The fraction of sp³-hybridized carbons (Fsp3) is 0.231. The number of carbonyl (C=O) groups is 2. The summed E-state index contributed by atoms with van der Waals surface area (Å²) in [4.78, 5) is 35.0. The molecule has 204 valence electrons. The first kappa shape index (κ1) is 35.0. The van der Waals surface area contributed by atoms with Crippen molar-refractivity contribution in [3.05, 3.63) is 72.1 Å². The molecule has 0 saturated carbocycles. The van der Waals surface area contributed by atoms with E-state index in [0.717, 1.165) is 32.9 Å². The van der Waals surface area contributed by atoms with E-state index in [-0.39, 0.29) is 45.5 Å². The maximum atomic E-state index is 10.9. The molecule has 0 saturated heterocycles. The van der Waals surface area contributed by atoms with Crippen LogP contribution in [0.25, 0.3) is 21.8 Å². The Hall–Kier alpha value is -3.97. The maximum absolute atomic E-state index is 10.9. The summed E-state index contributed by atoms with van der Waals surface area (Å²) in [6, 6.07) is 12.8. The summed E-state index contributed by atoms with van der Waals surface area (Å²) in [7, 11) is 0. The molecule has 39 heavy (non-hydrogen) atoms. The first-order valence-electron chi connectivity index (χ1n) is 11.1. The number of carboxylic acids is 2. The van der Waals surface area contributed by atoms with Gasteiger partial charge in [-0.3, -0.25) is 9.98 Å². The minimum Gasteiger partial charge on any atom is -0.862 e. The van der Waals surface area contributed by atoms with Gasteiger partial charge < -0.3 is 50.9 Å². The Kier molecular flexibility index (Phi) is 14.5. The second kappa shape index (κ2) is 16.1. The van der Waals surface area contributed by atoms with Gasteiger partial charge in [-0.25, -0.2) is 0 Å². The second-order valence-electron chi connectivity index (χ2n) is 8.09. The smallest absolute Gasteiger partial charge is 0.862 e. The van der Waals surface area contributed by atoms with Crippen LogP contribution in [0.3, 0.4) is 0 Å². The van der Waals surface area contributed by atoms with Crippen LogP contribution in [-0.2, 0) is 44.1 Å². The number of fused-ring (bicyclic) bond motifs is 2. The van der Waals surface area contributed by atoms with Crippen LogP contribution in [0.5, 0.6) is 0 Å². The summed E-state index contributed by atoms with van der Waals surface area (Å²) < 4.78 is 0. The molecule has 2 heterocycles. The van der Waals surface area contributed by atoms with Crippen LogP contribution >= 0.6 is 0 Å². The molecule has 2 unspecified atom stereocenters. The van der Waals surface area contributed by atoms with Gasteiger partial charge in [-0.15, -0.1) is 0 Å². The maximum Gasteiger partial charge on any atom is 4.00 e. The normalized spacial score (nSPS) is 12.7. The third-order valence-electron chi connectivity index (χ3n) is 5.40. The van der Waals surface area contributed by atoms with Gasteiger partial charge in [-0.05, 0) is 48.9 Å². The Balaban J connectivity index is 0.000000688. The fourth-order valence-electron chi connectivity index (χ4n) is 3.82.